The number of hydrogen-bond donors (Lipinski definition) is 1. The molecule has 2 aromatic heterocycles. The van der Waals surface area contributed by atoms with Crippen LogP contribution in [-0.4, -0.2) is 33.9 Å². The number of nitrogens with one attached hydrogen (secondary N) is 1. The summed E-state index contributed by atoms with van der Waals surface area (Å²) < 4.78 is 43.0. The van der Waals surface area contributed by atoms with Crippen LogP contribution in [0.2, 0.25) is 0 Å². The van der Waals surface area contributed by atoms with Crippen LogP contribution in [0.4, 0.5) is 0 Å². The van der Waals surface area contributed by atoms with Crippen LogP contribution >= 0.6 is 11.3 Å². The van der Waals surface area contributed by atoms with Crippen molar-refractivity contribution in [2.75, 3.05) is 20.3 Å². The molecule has 1 atom stereocenters. The van der Waals surface area contributed by atoms with Gasteiger partial charge in [-0.25, -0.2) is 8.42 Å². The van der Waals surface area contributed by atoms with Gasteiger partial charge in [0, 0.05) is 12.7 Å². The van der Waals surface area contributed by atoms with Gasteiger partial charge in [-0.05, 0) is 25.3 Å². The van der Waals surface area contributed by atoms with Crippen molar-refractivity contribution in [2.45, 2.75) is 24.3 Å². The summed E-state index contributed by atoms with van der Waals surface area (Å²) in [6.45, 7) is 4.12. The van der Waals surface area contributed by atoms with Crippen LogP contribution in [0.3, 0.4) is 0 Å². The second-order valence-electron chi connectivity index (χ2n) is 4.55. The van der Waals surface area contributed by atoms with E-state index < -0.39 is 16.3 Å². The largest absolute Gasteiger partial charge is 0.382 e. The molecule has 0 saturated heterocycles. The van der Waals surface area contributed by atoms with Gasteiger partial charge in [-0.1, -0.05) is 11.2 Å². The first-order valence-corrected chi connectivity index (χ1v) is 8.91. The molecule has 22 heavy (non-hydrogen) atoms. The third-order valence-corrected chi connectivity index (χ3v) is 5.83. The van der Waals surface area contributed by atoms with Gasteiger partial charge in [0.1, 0.15) is 15.7 Å². The van der Waals surface area contributed by atoms with Gasteiger partial charge in [0.25, 0.3) is 10.0 Å². The molecule has 0 aliphatic carbocycles. The van der Waals surface area contributed by atoms with Crippen molar-refractivity contribution in [1.82, 2.24) is 9.88 Å². The second-order valence-corrected chi connectivity index (χ2v) is 7.43. The number of methoxy groups -OCH3 is 1. The molecule has 0 fully saturated rings. The van der Waals surface area contributed by atoms with Crippen LogP contribution in [0, 0.1) is 13.8 Å². The minimum Gasteiger partial charge on any atom is -0.382 e. The average molecular weight is 346 g/mol. The van der Waals surface area contributed by atoms with E-state index in [-0.39, 0.29) is 10.8 Å². The van der Waals surface area contributed by atoms with E-state index in [0.717, 1.165) is 16.9 Å². The first kappa shape index (κ1) is 17.1. The van der Waals surface area contributed by atoms with E-state index in [1.165, 1.54) is 6.07 Å². The summed E-state index contributed by atoms with van der Waals surface area (Å²) in [7, 11) is -2.15. The molecule has 0 radical (unpaired) electrons. The van der Waals surface area contributed by atoms with Crippen LogP contribution in [-0.2, 0) is 19.5 Å². The quantitative estimate of drug-likeness (QED) is 0.581. The van der Waals surface area contributed by atoms with E-state index in [1.54, 1.807) is 32.4 Å². The van der Waals surface area contributed by atoms with Gasteiger partial charge >= 0.3 is 0 Å². The Labute approximate surface area is 133 Å². The average Bonchev–Trinajstić information content (AvgIpc) is 3.10. The van der Waals surface area contributed by atoms with E-state index >= 15 is 0 Å². The molecule has 2 heterocycles. The molecule has 0 bridgehead atoms. The smallest absolute Gasteiger partial charge is 0.252 e. The fourth-order valence-electron chi connectivity index (χ4n) is 1.71. The highest BCUT2D eigenvalue weighted by Crippen LogP contribution is 2.24. The van der Waals surface area contributed by atoms with Crippen molar-refractivity contribution in [3.63, 3.8) is 0 Å². The minimum atomic E-state index is -3.69. The molecular formula is C13H18N2O5S2. The number of aromatic nitrogens is 1. The summed E-state index contributed by atoms with van der Waals surface area (Å²) >= 11 is 1.13. The molecular weight excluding hydrogens is 328 g/mol. The van der Waals surface area contributed by atoms with Crippen molar-refractivity contribution in [2.24, 2.45) is 0 Å². The van der Waals surface area contributed by atoms with Crippen molar-refractivity contribution in [3.05, 3.63) is 34.5 Å². The summed E-state index contributed by atoms with van der Waals surface area (Å²) in [5, 5.41) is 5.59. The van der Waals surface area contributed by atoms with Crippen LogP contribution in [0.25, 0.3) is 0 Å². The number of nitrogens with zero attached hydrogens (tertiary/aromatic N) is 1. The number of aryl methyl sites for hydroxylation is 1. The highest BCUT2D eigenvalue weighted by molar-refractivity contribution is 7.91. The zero-order chi connectivity index (χ0) is 16.2. The predicted octanol–water partition coefficient (Wildman–Crippen LogP) is 1.99. The molecule has 1 N–H and O–H groups in total. The zero-order valence-corrected chi connectivity index (χ0v) is 14.2. The van der Waals surface area contributed by atoms with Crippen molar-refractivity contribution < 1.29 is 22.4 Å². The number of ether oxygens (including phenoxy) is 2. The van der Waals surface area contributed by atoms with Crippen LogP contribution in [0.15, 0.2) is 26.2 Å². The van der Waals surface area contributed by atoms with Gasteiger partial charge in [0.15, 0.2) is 6.23 Å². The van der Waals surface area contributed by atoms with Gasteiger partial charge in [-0.2, -0.15) is 4.72 Å². The number of thiophene rings is 1. The molecule has 0 saturated carbocycles. The van der Waals surface area contributed by atoms with Crippen LogP contribution in [0.5, 0.6) is 0 Å². The standard InChI is InChI=1S/C13H18N2O5S2/c1-9-10(2)20-14-12(9)13(19-7-6-18-3)15-22(16,17)11-5-4-8-21-11/h4-5,8,13,15H,6-7H2,1-3H3. The third kappa shape index (κ3) is 3.93. The summed E-state index contributed by atoms with van der Waals surface area (Å²) in [4.78, 5) is 0. The van der Waals surface area contributed by atoms with Crippen molar-refractivity contribution in [1.29, 1.82) is 0 Å². The lowest BCUT2D eigenvalue weighted by molar-refractivity contribution is 0.00691. The molecule has 9 heteroatoms. The molecule has 1 unspecified atom stereocenters. The molecule has 7 nitrogen and oxygen atoms in total. The van der Waals surface area contributed by atoms with Crippen LogP contribution in [0.1, 0.15) is 23.2 Å². The number of rotatable bonds is 8. The first-order valence-electron chi connectivity index (χ1n) is 6.55. The second kappa shape index (κ2) is 7.34. The summed E-state index contributed by atoms with van der Waals surface area (Å²) in [6, 6.07) is 3.20. The molecule has 0 aliphatic rings. The Hall–Kier alpha value is -1.26. The fraction of sp³-hybridized carbons (Fsp3) is 0.462. The van der Waals surface area contributed by atoms with Gasteiger partial charge in [0.05, 0.1) is 13.2 Å². The Balaban J connectivity index is 2.23. The zero-order valence-electron chi connectivity index (χ0n) is 12.5. The molecule has 0 spiro atoms. The first-order chi connectivity index (χ1) is 10.5. The maximum Gasteiger partial charge on any atom is 0.252 e. The van der Waals surface area contributed by atoms with Crippen molar-refractivity contribution in [3.8, 4) is 0 Å². The molecule has 0 aliphatic heterocycles. The Morgan fingerprint density at radius 2 is 2.18 bits per heavy atom. The maximum atomic E-state index is 12.4. The lowest BCUT2D eigenvalue weighted by atomic mass is 10.2. The van der Waals surface area contributed by atoms with Gasteiger partial charge in [0.2, 0.25) is 0 Å². The topological polar surface area (TPSA) is 90.7 Å². The highest BCUT2D eigenvalue weighted by Gasteiger charge is 2.27. The van der Waals surface area contributed by atoms with E-state index in [4.69, 9.17) is 14.0 Å². The highest BCUT2D eigenvalue weighted by atomic mass is 32.2. The van der Waals surface area contributed by atoms with E-state index in [2.05, 4.69) is 9.88 Å². The lowest BCUT2D eigenvalue weighted by Gasteiger charge is -2.17. The number of hydrogen-bond acceptors (Lipinski definition) is 7. The third-order valence-electron chi connectivity index (χ3n) is 3.04. The maximum absolute atomic E-state index is 12.4. The molecule has 0 amide bonds. The SMILES string of the molecule is COCCOC(NS(=O)(=O)c1cccs1)c1noc(C)c1C. The van der Waals surface area contributed by atoms with Gasteiger partial charge in [-0.15, -0.1) is 11.3 Å². The van der Waals surface area contributed by atoms with Gasteiger partial charge in [-0.3, -0.25) is 0 Å². The fourth-order valence-corrected chi connectivity index (χ4v) is 3.81. The molecule has 2 aromatic rings. The summed E-state index contributed by atoms with van der Waals surface area (Å²) in [6.07, 6.45) is -0.931. The minimum absolute atomic E-state index is 0.214. The Bertz CT molecular complexity index is 694. The summed E-state index contributed by atoms with van der Waals surface area (Å²) in [5.41, 5.74) is 1.16. The molecule has 122 valence electrons. The monoisotopic (exact) mass is 346 g/mol. The Kier molecular flexibility index (Phi) is 5.70. The van der Waals surface area contributed by atoms with Crippen LogP contribution < -0.4 is 4.72 Å². The molecule has 0 aromatic carbocycles. The Morgan fingerprint density at radius 3 is 2.73 bits per heavy atom. The van der Waals surface area contributed by atoms with E-state index in [1.807, 2.05) is 0 Å². The Morgan fingerprint density at radius 1 is 1.41 bits per heavy atom. The normalized spacial score (nSPS) is 13.4. The van der Waals surface area contributed by atoms with E-state index in [0.29, 0.717) is 18.1 Å². The van der Waals surface area contributed by atoms with E-state index in [9.17, 15) is 8.42 Å². The lowest BCUT2D eigenvalue weighted by Crippen LogP contribution is -2.31. The molecule has 2 rings (SSSR count). The predicted molar refractivity (Wildman–Crippen MR) is 81.2 cm³/mol. The van der Waals surface area contributed by atoms with Crippen molar-refractivity contribution >= 4 is 21.4 Å². The summed E-state index contributed by atoms with van der Waals surface area (Å²) in [5.74, 6) is 0.616. The number of sulfonamides is 1. The van der Waals surface area contributed by atoms with Gasteiger partial charge < -0.3 is 14.0 Å².